The number of hydrogen-bond acceptors (Lipinski definition) is 5. The van der Waals surface area contributed by atoms with Gasteiger partial charge >= 0.3 is 0 Å². The Balaban J connectivity index is 1.67. The molecule has 0 radical (unpaired) electrons. The summed E-state index contributed by atoms with van der Waals surface area (Å²) in [4.78, 5) is 27.5. The third-order valence-corrected chi connectivity index (χ3v) is 6.37. The zero-order valence-corrected chi connectivity index (χ0v) is 16.6. The summed E-state index contributed by atoms with van der Waals surface area (Å²) in [6.07, 6.45) is 4.12. The minimum absolute atomic E-state index is 0.229. The van der Waals surface area contributed by atoms with E-state index in [4.69, 9.17) is 0 Å². The minimum atomic E-state index is -0.748. The van der Waals surface area contributed by atoms with Crippen LogP contribution in [0.15, 0.2) is 33.5 Å². The number of rotatable bonds is 3. The number of carbonyl (C=O) groups is 1. The first-order valence-electron chi connectivity index (χ1n) is 8.51. The highest BCUT2D eigenvalue weighted by Crippen LogP contribution is 2.33. The van der Waals surface area contributed by atoms with Gasteiger partial charge in [0.1, 0.15) is 6.04 Å². The standard InChI is InChI=1S/C18H17BrN4O2S/c1-10(16(24)20-12-8-6-11(19)7-9-12)23-18(25)15-13-4-2-3-5-14(13)26-17(15)21-22-23/h6-10H,2-5H2,1H3,(H,20,24)/t10-/m0/s1. The Bertz CT molecular complexity index is 1040. The summed E-state index contributed by atoms with van der Waals surface area (Å²) >= 11 is 4.92. The number of hydrogen-bond donors (Lipinski definition) is 1. The summed E-state index contributed by atoms with van der Waals surface area (Å²) in [5, 5.41) is 11.7. The molecule has 0 saturated heterocycles. The van der Waals surface area contributed by atoms with E-state index in [1.165, 1.54) is 9.56 Å². The largest absolute Gasteiger partial charge is 0.324 e. The van der Waals surface area contributed by atoms with E-state index in [2.05, 4.69) is 31.6 Å². The third-order valence-electron chi connectivity index (χ3n) is 4.66. The highest BCUT2D eigenvalue weighted by atomic mass is 79.9. The van der Waals surface area contributed by atoms with Gasteiger partial charge in [0.25, 0.3) is 5.56 Å². The first-order chi connectivity index (χ1) is 12.5. The fraction of sp³-hybridized carbons (Fsp3) is 0.333. The lowest BCUT2D eigenvalue weighted by molar-refractivity contribution is -0.119. The molecule has 1 atom stereocenters. The molecule has 0 spiro atoms. The fourth-order valence-electron chi connectivity index (χ4n) is 3.23. The van der Waals surface area contributed by atoms with E-state index in [1.54, 1.807) is 30.4 Å². The summed E-state index contributed by atoms with van der Waals surface area (Å²) in [5.41, 5.74) is 1.54. The maximum absolute atomic E-state index is 13.0. The molecule has 134 valence electrons. The van der Waals surface area contributed by atoms with E-state index in [9.17, 15) is 9.59 Å². The zero-order valence-electron chi connectivity index (χ0n) is 14.2. The summed E-state index contributed by atoms with van der Waals surface area (Å²) in [5.74, 6) is -0.299. The molecule has 1 aliphatic rings. The second-order valence-corrected chi connectivity index (χ2v) is 8.40. The molecule has 26 heavy (non-hydrogen) atoms. The highest BCUT2D eigenvalue weighted by molar-refractivity contribution is 9.10. The van der Waals surface area contributed by atoms with Crippen molar-refractivity contribution in [2.24, 2.45) is 0 Å². The first-order valence-corrected chi connectivity index (χ1v) is 10.1. The number of fused-ring (bicyclic) bond motifs is 3. The Labute approximate surface area is 162 Å². The van der Waals surface area contributed by atoms with Gasteiger partial charge in [-0.3, -0.25) is 9.59 Å². The number of thiophene rings is 1. The van der Waals surface area contributed by atoms with Crippen molar-refractivity contribution in [3.05, 3.63) is 49.5 Å². The number of aromatic nitrogens is 3. The lowest BCUT2D eigenvalue weighted by atomic mass is 9.97. The van der Waals surface area contributed by atoms with E-state index in [1.807, 2.05) is 12.1 Å². The number of halogens is 1. The van der Waals surface area contributed by atoms with Gasteiger partial charge in [0.05, 0.1) is 5.39 Å². The Morgan fingerprint density at radius 2 is 2.00 bits per heavy atom. The number of carbonyl (C=O) groups excluding carboxylic acids is 1. The Hall–Kier alpha value is -2.06. The molecule has 3 aromatic rings. The van der Waals surface area contributed by atoms with Crippen LogP contribution in [0.2, 0.25) is 0 Å². The van der Waals surface area contributed by atoms with Crippen LogP contribution in [0, 0.1) is 0 Å². The first kappa shape index (κ1) is 17.4. The molecule has 4 rings (SSSR count). The number of amides is 1. The topological polar surface area (TPSA) is 76.9 Å². The van der Waals surface area contributed by atoms with Crippen LogP contribution in [-0.2, 0) is 17.6 Å². The monoisotopic (exact) mass is 432 g/mol. The highest BCUT2D eigenvalue weighted by Gasteiger charge is 2.24. The van der Waals surface area contributed by atoms with E-state index in [-0.39, 0.29) is 11.5 Å². The number of nitrogens with one attached hydrogen (secondary N) is 1. The predicted octanol–water partition coefficient (Wildman–Crippen LogP) is 3.69. The SMILES string of the molecule is C[C@@H](C(=O)Nc1ccc(Br)cc1)n1nnc2sc3c(c2c1=O)CCCC3. The van der Waals surface area contributed by atoms with Crippen LogP contribution in [0.1, 0.15) is 36.2 Å². The van der Waals surface area contributed by atoms with Gasteiger partial charge in [-0.1, -0.05) is 21.1 Å². The van der Waals surface area contributed by atoms with Crippen LogP contribution < -0.4 is 10.9 Å². The van der Waals surface area contributed by atoms with Gasteiger partial charge in [-0.05, 0) is 62.4 Å². The molecule has 2 heterocycles. The van der Waals surface area contributed by atoms with Crippen LogP contribution in [0.3, 0.4) is 0 Å². The molecule has 0 unspecified atom stereocenters. The van der Waals surface area contributed by atoms with E-state index >= 15 is 0 Å². The molecule has 2 aromatic heterocycles. The van der Waals surface area contributed by atoms with Crippen molar-refractivity contribution < 1.29 is 4.79 Å². The van der Waals surface area contributed by atoms with Crippen LogP contribution in [-0.4, -0.2) is 20.9 Å². The summed E-state index contributed by atoms with van der Waals surface area (Å²) in [6.45, 7) is 1.66. The van der Waals surface area contributed by atoms with Gasteiger partial charge in [-0.25, -0.2) is 0 Å². The van der Waals surface area contributed by atoms with Crippen molar-refractivity contribution in [3.63, 3.8) is 0 Å². The summed E-state index contributed by atoms with van der Waals surface area (Å²) in [7, 11) is 0. The molecule has 0 fully saturated rings. The summed E-state index contributed by atoms with van der Waals surface area (Å²) in [6, 6.07) is 6.52. The van der Waals surface area contributed by atoms with Crippen molar-refractivity contribution in [2.75, 3.05) is 5.32 Å². The zero-order chi connectivity index (χ0) is 18.3. The minimum Gasteiger partial charge on any atom is -0.324 e. The number of benzene rings is 1. The van der Waals surface area contributed by atoms with E-state index in [0.29, 0.717) is 15.9 Å². The normalized spacial score (nSPS) is 14.8. The Morgan fingerprint density at radius 3 is 2.77 bits per heavy atom. The number of nitrogens with zero attached hydrogens (tertiary/aromatic N) is 3. The van der Waals surface area contributed by atoms with Gasteiger partial charge in [-0.2, -0.15) is 4.68 Å². The van der Waals surface area contributed by atoms with Crippen molar-refractivity contribution in [1.82, 2.24) is 15.0 Å². The van der Waals surface area contributed by atoms with E-state index in [0.717, 1.165) is 35.7 Å². The summed E-state index contributed by atoms with van der Waals surface area (Å²) < 4.78 is 2.12. The lowest BCUT2D eigenvalue weighted by Gasteiger charge is -2.14. The third kappa shape index (κ3) is 3.07. The van der Waals surface area contributed by atoms with Gasteiger partial charge in [-0.15, -0.1) is 16.4 Å². The molecule has 1 aliphatic carbocycles. The molecule has 1 amide bonds. The molecule has 8 heteroatoms. The van der Waals surface area contributed by atoms with E-state index < -0.39 is 6.04 Å². The Morgan fingerprint density at radius 1 is 1.27 bits per heavy atom. The number of anilines is 1. The number of aryl methyl sites for hydroxylation is 2. The van der Waals surface area contributed by atoms with Crippen molar-refractivity contribution >= 4 is 49.1 Å². The van der Waals surface area contributed by atoms with Crippen molar-refractivity contribution in [3.8, 4) is 0 Å². The second kappa shape index (κ2) is 6.92. The average molecular weight is 433 g/mol. The fourth-order valence-corrected chi connectivity index (χ4v) is 4.69. The lowest BCUT2D eigenvalue weighted by Crippen LogP contribution is -2.34. The molecule has 0 saturated carbocycles. The molecule has 1 N–H and O–H groups in total. The van der Waals surface area contributed by atoms with Gasteiger partial charge in [0.2, 0.25) is 5.91 Å². The molecule has 6 nitrogen and oxygen atoms in total. The van der Waals surface area contributed by atoms with Crippen molar-refractivity contribution in [2.45, 2.75) is 38.6 Å². The average Bonchev–Trinajstić information content (AvgIpc) is 3.02. The van der Waals surface area contributed by atoms with Crippen LogP contribution in [0.25, 0.3) is 10.2 Å². The molecular weight excluding hydrogens is 416 g/mol. The van der Waals surface area contributed by atoms with Gasteiger partial charge < -0.3 is 5.32 Å². The van der Waals surface area contributed by atoms with Crippen molar-refractivity contribution in [1.29, 1.82) is 0 Å². The molecule has 1 aromatic carbocycles. The van der Waals surface area contributed by atoms with Crippen LogP contribution in [0.5, 0.6) is 0 Å². The molecular formula is C18H17BrN4O2S. The Kier molecular flexibility index (Phi) is 4.62. The van der Waals surface area contributed by atoms with Crippen LogP contribution in [0.4, 0.5) is 5.69 Å². The second-order valence-electron chi connectivity index (χ2n) is 6.40. The van der Waals surface area contributed by atoms with Gasteiger partial charge in [0.15, 0.2) is 4.83 Å². The molecule has 0 bridgehead atoms. The van der Waals surface area contributed by atoms with Crippen LogP contribution >= 0.6 is 27.3 Å². The van der Waals surface area contributed by atoms with Gasteiger partial charge in [0, 0.05) is 15.0 Å². The quantitative estimate of drug-likeness (QED) is 0.684. The molecule has 0 aliphatic heterocycles. The predicted molar refractivity (Wildman–Crippen MR) is 106 cm³/mol. The smallest absolute Gasteiger partial charge is 0.279 e. The maximum Gasteiger partial charge on any atom is 0.279 e. The maximum atomic E-state index is 13.0.